The molecule has 1 N–H and O–H groups in total. The normalized spacial score (nSPS) is 9.55. The zero-order chi connectivity index (χ0) is 8.27. The van der Waals surface area contributed by atoms with Crippen molar-refractivity contribution >= 4 is 17.6 Å². The van der Waals surface area contributed by atoms with Crippen LogP contribution in [0.4, 0.5) is 0 Å². The lowest BCUT2D eigenvalue weighted by molar-refractivity contribution is 0.0690. The van der Waals surface area contributed by atoms with Gasteiger partial charge >= 0.3 is 5.97 Å². The summed E-state index contributed by atoms with van der Waals surface area (Å²) >= 11 is 5.47. The predicted octanol–water partition coefficient (Wildman–Crippen LogP) is 1.52. The van der Waals surface area contributed by atoms with Gasteiger partial charge in [0.25, 0.3) is 0 Å². The highest BCUT2D eigenvalue weighted by atomic mass is 35.5. The van der Waals surface area contributed by atoms with E-state index in [-0.39, 0.29) is 5.69 Å². The van der Waals surface area contributed by atoms with Gasteiger partial charge in [0.05, 0.1) is 0 Å². The summed E-state index contributed by atoms with van der Waals surface area (Å²) in [6.45, 7) is 0. The first-order chi connectivity index (χ1) is 5.24. The minimum absolute atomic E-state index is 0.0406. The monoisotopic (exact) mass is 171 g/mol. The van der Waals surface area contributed by atoms with Crippen molar-refractivity contribution in [3.05, 3.63) is 29.6 Å². The van der Waals surface area contributed by atoms with Gasteiger partial charge in [-0.15, -0.1) is 11.6 Å². The Hall–Kier alpha value is -1.09. The number of rotatable bonds is 2. The number of halogens is 1. The van der Waals surface area contributed by atoms with Crippen LogP contribution in [0.2, 0.25) is 0 Å². The summed E-state index contributed by atoms with van der Waals surface area (Å²) in [7, 11) is 0. The number of hydrogen-bond donors (Lipinski definition) is 1. The fourth-order valence-electron chi connectivity index (χ4n) is 0.630. The van der Waals surface area contributed by atoms with E-state index in [1.807, 2.05) is 0 Å². The van der Waals surface area contributed by atoms with Crippen LogP contribution in [0.25, 0.3) is 0 Å². The highest BCUT2D eigenvalue weighted by Gasteiger charge is 2.01. The van der Waals surface area contributed by atoms with Gasteiger partial charge in [0.15, 0.2) is 0 Å². The average molecular weight is 172 g/mol. The van der Waals surface area contributed by atoms with Crippen molar-refractivity contribution < 1.29 is 9.90 Å². The van der Waals surface area contributed by atoms with Crippen LogP contribution in [0, 0.1) is 0 Å². The highest BCUT2D eigenvalue weighted by molar-refractivity contribution is 6.17. The second kappa shape index (κ2) is 3.34. The fourth-order valence-corrected chi connectivity index (χ4v) is 0.788. The lowest BCUT2D eigenvalue weighted by Crippen LogP contribution is -1.99. The maximum atomic E-state index is 10.3. The summed E-state index contributed by atoms with van der Waals surface area (Å²) in [5, 5.41) is 8.45. The number of alkyl halides is 1. The van der Waals surface area contributed by atoms with Gasteiger partial charge in [0, 0.05) is 12.1 Å². The lowest BCUT2D eigenvalue weighted by Gasteiger charge is -1.94. The van der Waals surface area contributed by atoms with Crippen LogP contribution >= 0.6 is 11.6 Å². The molecule has 58 valence electrons. The summed E-state index contributed by atoms with van der Waals surface area (Å²) < 4.78 is 0. The number of carboxylic acids is 1. The van der Waals surface area contributed by atoms with Crippen molar-refractivity contribution in [1.82, 2.24) is 4.98 Å². The van der Waals surface area contributed by atoms with Gasteiger partial charge < -0.3 is 5.11 Å². The summed E-state index contributed by atoms with van der Waals surface area (Å²) in [5.41, 5.74) is 0.857. The minimum Gasteiger partial charge on any atom is -0.477 e. The molecule has 0 saturated carbocycles. The molecular formula is C7H6ClNO2. The fraction of sp³-hybridized carbons (Fsp3) is 0.143. The van der Waals surface area contributed by atoms with Gasteiger partial charge in [-0.25, -0.2) is 9.78 Å². The van der Waals surface area contributed by atoms with Crippen LogP contribution in [0.15, 0.2) is 18.3 Å². The summed E-state index contributed by atoms with van der Waals surface area (Å²) in [5.74, 6) is -0.668. The molecule has 11 heavy (non-hydrogen) atoms. The van der Waals surface area contributed by atoms with E-state index in [2.05, 4.69) is 4.98 Å². The first-order valence-corrected chi connectivity index (χ1v) is 3.51. The van der Waals surface area contributed by atoms with Crippen molar-refractivity contribution in [2.24, 2.45) is 0 Å². The van der Waals surface area contributed by atoms with E-state index in [1.54, 1.807) is 6.07 Å². The van der Waals surface area contributed by atoms with Crippen LogP contribution in [0.5, 0.6) is 0 Å². The molecule has 0 aliphatic rings. The maximum absolute atomic E-state index is 10.3. The van der Waals surface area contributed by atoms with Crippen LogP contribution < -0.4 is 0 Å². The molecule has 0 amide bonds. The Morgan fingerprint density at radius 2 is 2.36 bits per heavy atom. The molecule has 1 aromatic heterocycles. The largest absolute Gasteiger partial charge is 0.477 e. The molecule has 0 radical (unpaired) electrons. The molecule has 3 nitrogen and oxygen atoms in total. The zero-order valence-electron chi connectivity index (χ0n) is 5.62. The first-order valence-electron chi connectivity index (χ1n) is 2.98. The number of carbonyl (C=O) groups is 1. The molecule has 1 heterocycles. The van der Waals surface area contributed by atoms with Gasteiger partial charge in [-0.2, -0.15) is 0 Å². The molecule has 0 aliphatic heterocycles. The zero-order valence-corrected chi connectivity index (χ0v) is 6.38. The van der Waals surface area contributed by atoms with Crippen LogP contribution in [-0.4, -0.2) is 16.1 Å². The van der Waals surface area contributed by atoms with Crippen molar-refractivity contribution in [3.8, 4) is 0 Å². The van der Waals surface area contributed by atoms with Gasteiger partial charge in [-0.1, -0.05) is 6.07 Å². The molecule has 1 aromatic rings. The molecule has 0 aromatic carbocycles. The minimum atomic E-state index is -1.02. The van der Waals surface area contributed by atoms with Crippen molar-refractivity contribution in [2.75, 3.05) is 0 Å². The summed E-state index contributed by atoms with van der Waals surface area (Å²) in [6, 6.07) is 3.07. The topological polar surface area (TPSA) is 50.2 Å². The summed E-state index contributed by atoms with van der Waals surface area (Å²) in [6.07, 6.45) is 1.45. The predicted molar refractivity (Wildman–Crippen MR) is 40.8 cm³/mol. The molecule has 0 spiro atoms. The van der Waals surface area contributed by atoms with Gasteiger partial charge in [-0.3, -0.25) is 0 Å². The van der Waals surface area contributed by atoms with Gasteiger partial charge in [0.1, 0.15) is 5.69 Å². The number of carboxylic acid groups (broad SMARTS) is 1. The van der Waals surface area contributed by atoms with E-state index in [0.29, 0.717) is 5.88 Å². The van der Waals surface area contributed by atoms with Crippen LogP contribution in [0.1, 0.15) is 16.1 Å². The van der Waals surface area contributed by atoms with E-state index in [0.717, 1.165) is 5.56 Å². The van der Waals surface area contributed by atoms with Crippen molar-refractivity contribution in [1.29, 1.82) is 0 Å². The number of hydrogen-bond acceptors (Lipinski definition) is 2. The number of pyridine rings is 1. The highest BCUT2D eigenvalue weighted by Crippen LogP contribution is 2.02. The Morgan fingerprint density at radius 1 is 1.64 bits per heavy atom. The number of nitrogens with zero attached hydrogens (tertiary/aromatic N) is 1. The molecular weight excluding hydrogens is 166 g/mol. The van der Waals surface area contributed by atoms with Gasteiger partial charge in [-0.05, 0) is 11.6 Å². The molecule has 0 saturated heterocycles. The third-order valence-electron chi connectivity index (χ3n) is 1.20. The Kier molecular flexibility index (Phi) is 2.44. The Labute approximate surface area is 68.6 Å². The molecule has 0 fully saturated rings. The second-order valence-corrected chi connectivity index (χ2v) is 2.26. The molecule has 0 unspecified atom stereocenters. The Balaban J connectivity index is 2.91. The Bertz CT molecular complexity index is 258. The molecule has 0 atom stereocenters. The maximum Gasteiger partial charge on any atom is 0.354 e. The van der Waals surface area contributed by atoms with Crippen molar-refractivity contribution in [2.45, 2.75) is 5.88 Å². The SMILES string of the molecule is O=C(O)c1ccc(CCl)cn1. The van der Waals surface area contributed by atoms with Gasteiger partial charge in [0.2, 0.25) is 0 Å². The van der Waals surface area contributed by atoms with Crippen molar-refractivity contribution in [3.63, 3.8) is 0 Å². The quantitative estimate of drug-likeness (QED) is 0.687. The lowest BCUT2D eigenvalue weighted by atomic mass is 10.3. The van der Waals surface area contributed by atoms with Crippen LogP contribution in [-0.2, 0) is 5.88 Å². The Morgan fingerprint density at radius 3 is 2.73 bits per heavy atom. The van der Waals surface area contributed by atoms with E-state index in [9.17, 15) is 4.79 Å². The number of aromatic nitrogens is 1. The molecule has 0 aliphatic carbocycles. The van der Waals surface area contributed by atoms with E-state index < -0.39 is 5.97 Å². The smallest absolute Gasteiger partial charge is 0.354 e. The molecule has 1 rings (SSSR count). The second-order valence-electron chi connectivity index (χ2n) is 1.99. The first kappa shape index (κ1) is 8.01. The standard InChI is InChI=1S/C7H6ClNO2/c8-3-5-1-2-6(7(10)11)9-4-5/h1-2,4H,3H2,(H,10,11). The molecule has 4 heteroatoms. The average Bonchev–Trinajstić information content (AvgIpc) is 2.05. The third-order valence-corrected chi connectivity index (χ3v) is 1.51. The third kappa shape index (κ3) is 1.91. The van der Waals surface area contributed by atoms with E-state index in [1.165, 1.54) is 12.3 Å². The molecule has 0 bridgehead atoms. The van der Waals surface area contributed by atoms with Crippen LogP contribution in [0.3, 0.4) is 0 Å². The number of aromatic carboxylic acids is 1. The van der Waals surface area contributed by atoms with E-state index in [4.69, 9.17) is 16.7 Å². The summed E-state index contributed by atoms with van der Waals surface area (Å²) in [4.78, 5) is 14.0. The van der Waals surface area contributed by atoms with E-state index >= 15 is 0 Å².